The van der Waals surface area contributed by atoms with E-state index in [0.29, 0.717) is 0 Å². The first-order chi connectivity index (χ1) is 16.2. The number of carbonyl (C=O) groups is 3. The first kappa shape index (κ1) is 22.4. The molecule has 176 valence electrons. The topological polar surface area (TPSA) is 171 Å². The number of amides is 3. The van der Waals surface area contributed by atoms with Gasteiger partial charge in [-0.25, -0.2) is 19.0 Å². The van der Waals surface area contributed by atoms with E-state index in [0.717, 1.165) is 12.3 Å². The molecule has 1 atom stereocenters. The third-order valence-electron chi connectivity index (χ3n) is 4.86. The Labute approximate surface area is 189 Å². The molecule has 0 spiro atoms. The van der Waals surface area contributed by atoms with Crippen LogP contribution in [0.25, 0.3) is 5.69 Å². The number of aromatic nitrogens is 4. The van der Waals surface area contributed by atoms with Crippen molar-refractivity contribution in [3.63, 3.8) is 0 Å². The molecule has 1 aliphatic heterocycles. The minimum absolute atomic E-state index is 0.0551. The first-order valence-electron chi connectivity index (χ1n) is 9.91. The second-order valence-electron chi connectivity index (χ2n) is 7.30. The average molecular weight is 471 g/mol. The summed E-state index contributed by atoms with van der Waals surface area (Å²) in [7, 11) is 0. The molecule has 3 aromatic rings. The smallest absolute Gasteiger partial charge is 0.414 e. The third kappa shape index (κ3) is 4.69. The summed E-state index contributed by atoms with van der Waals surface area (Å²) >= 11 is 0. The highest BCUT2D eigenvalue weighted by Crippen LogP contribution is 2.25. The number of nitrogens with zero attached hydrogens (tertiary/aromatic N) is 3. The van der Waals surface area contributed by atoms with E-state index in [9.17, 15) is 28.4 Å². The van der Waals surface area contributed by atoms with Gasteiger partial charge in [0.1, 0.15) is 29.6 Å². The van der Waals surface area contributed by atoms with Crippen molar-refractivity contribution in [1.29, 1.82) is 0 Å². The summed E-state index contributed by atoms with van der Waals surface area (Å²) in [5.74, 6) is -1.71. The number of halogens is 1. The number of benzene rings is 1. The largest absolute Gasteiger partial charge is 0.442 e. The van der Waals surface area contributed by atoms with Crippen LogP contribution in [0.1, 0.15) is 17.4 Å². The number of carbonyl (C=O) groups excluding carboxylic acids is 3. The fraction of sp³-hybridized carbons (Fsp3) is 0.200. The molecule has 0 saturated carbocycles. The van der Waals surface area contributed by atoms with Crippen molar-refractivity contribution in [2.45, 2.75) is 13.0 Å². The number of hydrogen-bond acceptors (Lipinski definition) is 7. The van der Waals surface area contributed by atoms with E-state index in [4.69, 9.17) is 4.74 Å². The van der Waals surface area contributed by atoms with E-state index in [1.54, 1.807) is 0 Å². The van der Waals surface area contributed by atoms with Crippen molar-refractivity contribution in [2.75, 3.05) is 23.3 Å². The first-order valence-corrected chi connectivity index (χ1v) is 9.91. The maximum atomic E-state index is 14.9. The fourth-order valence-corrected chi connectivity index (χ4v) is 3.23. The Kier molecular flexibility index (Phi) is 5.95. The third-order valence-corrected chi connectivity index (χ3v) is 4.86. The van der Waals surface area contributed by atoms with E-state index in [2.05, 4.69) is 20.6 Å². The molecule has 3 amide bonds. The van der Waals surface area contributed by atoms with Crippen LogP contribution >= 0.6 is 0 Å². The predicted octanol–water partition coefficient (Wildman–Crippen LogP) is 0.102. The van der Waals surface area contributed by atoms with Gasteiger partial charge in [-0.3, -0.25) is 24.3 Å². The molecule has 0 bridgehead atoms. The number of cyclic esters (lactones) is 1. The number of rotatable bonds is 6. The number of aromatic amines is 2. The van der Waals surface area contributed by atoms with Crippen molar-refractivity contribution in [2.24, 2.45) is 0 Å². The van der Waals surface area contributed by atoms with E-state index in [-0.39, 0.29) is 41.8 Å². The molecule has 0 radical (unpaired) electrons. The highest BCUT2D eigenvalue weighted by Gasteiger charge is 2.32. The number of anilines is 2. The normalized spacial score (nSPS) is 15.2. The van der Waals surface area contributed by atoms with Crippen LogP contribution in [-0.4, -0.2) is 56.6 Å². The molecule has 4 N–H and O–H groups in total. The van der Waals surface area contributed by atoms with Crippen LogP contribution in [0.15, 0.2) is 46.5 Å². The van der Waals surface area contributed by atoms with Crippen molar-refractivity contribution >= 4 is 29.3 Å². The molecule has 3 heterocycles. The minimum Gasteiger partial charge on any atom is -0.442 e. The molecule has 4 rings (SSSR count). The molecular formula is C20H18FN7O6. The Morgan fingerprint density at radius 1 is 1.29 bits per heavy atom. The molecule has 14 heteroatoms. The molecule has 1 aromatic carbocycles. The van der Waals surface area contributed by atoms with Gasteiger partial charge in [0.25, 0.3) is 11.5 Å². The van der Waals surface area contributed by atoms with E-state index in [1.165, 1.54) is 41.0 Å². The highest BCUT2D eigenvalue weighted by atomic mass is 19.1. The SMILES string of the molecule is CC(=O)NCC1CN(c2ccc(-n3cnc(C(=O)Nc4c[nH]c(=O)[nH]c4=O)c3)c(F)c2)C(=O)O1. The summed E-state index contributed by atoms with van der Waals surface area (Å²) in [6.07, 6.45) is 2.27. The molecule has 13 nitrogen and oxygen atoms in total. The standard InChI is InChI=1S/C20H18FN7O6/c1-10(29)22-5-12-7-28(20(33)34-12)11-2-3-16(13(21)4-11)27-8-15(24-9-27)18(31)25-14-6-23-19(32)26-17(14)30/h2-4,6,8-9,12H,5,7H2,1H3,(H,22,29)(H,25,31)(H2,23,26,30,32). The quantitative estimate of drug-likeness (QED) is 0.395. The Bertz CT molecular complexity index is 1390. The van der Waals surface area contributed by atoms with Crippen LogP contribution in [0.3, 0.4) is 0 Å². The Morgan fingerprint density at radius 3 is 2.79 bits per heavy atom. The van der Waals surface area contributed by atoms with Gasteiger partial charge >= 0.3 is 11.8 Å². The molecule has 1 saturated heterocycles. The molecule has 0 aliphatic carbocycles. The van der Waals surface area contributed by atoms with Crippen LogP contribution < -0.4 is 26.8 Å². The zero-order valence-electron chi connectivity index (χ0n) is 17.6. The summed E-state index contributed by atoms with van der Waals surface area (Å²) in [6.45, 7) is 1.62. The monoisotopic (exact) mass is 471 g/mol. The van der Waals surface area contributed by atoms with Crippen LogP contribution in [0, 0.1) is 5.82 Å². The second-order valence-corrected chi connectivity index (χ2v) is 7.30. The predicted molar refractivity (Wildman–Crippen MR) is 115 cm³/mol. The number of hydrogen-bond donors (Lipinski definition) is 4. The van der Waals surface area contributed by atoms with Crippen LogP contribution in [0.5, 0.6) is 0 Å². The van der Waals surface area contributed by atoms with Crippen LogP contribution in [0.2, 0.25) is 0 Å². The lowest BCUT2D eigenvalue weighted by Gasteiger charge is -2.14. The van der Waals surface area contributed by atoms with Gasteiger partial charge in [-0.15, -0.1) is 0 Å². The molecule has 1 fully saturated rings. The lowest BCUT2D eigenvalue weighted by Crippen LogP contribution is -2.33. The number of nitrogens with one attached hydrogen (secondary N) is 4. The lowest BCUT2D eigenvalue weighted by molar-refractivity contribution is -0.119. The van der Waals surface area contributed by atoms with Gasteiger partial charge in [0.05, 0.1) is 24.5 Å². The summed E-state index contributed by atoms with van der Waals surface area (Å²) in [5, 5.41) is 4.86. The van der Waals surface area contributed by atoms with Crippen molar-refractivity contribution in [3.8, 4) is 5.69 Å². The van der Waals surface area contributed by atoms with E-state index >= 15 is 0 Å². The molecular weight excluding hydrogens is 453 g/mol. The second kappa shape index (κ2) is 9.01. The Balaban J connectivity index is 1.48. The van der Waals surface area contributed by atoms with Gasteiger partial charge in [0, 0.05) is 19.3 Å². The summed E-state index contributed by atoms with van der Waals surface area (Å²) < 4.78 is 21.3. The molecule has 34 heavy (non-hydrogen) atoms. The van der Waals surface area contributed by atoms with E-state index < -0.39 is 35.2 Å². The Hall–Kier alpha value is -4.75. The number of ether oxygens (including phenoxy) is 1. The van der Waals surface area contributed by atoms with Gasteiger partial charge in [0.15, 0.2) is 0 Å². The van der Waals surface area contributed by atoms with Gasteiger partial charge < -0.3 is 24.9 Å². The average Bonchev–Trinajstić information content (AvgIpc) is 3.41. The van der Waals surface area contributed by atoms with Crippen LogP contribution in [-0.2, 0) is 9.53 Å². The number of imidazole rings is 1. The zero-order valence-corrected chi connectivity index (χ0v) is 17.6. The minimum atomic E-state index is -0.794. The van der Waals surface area contributed by atoms with Crippen molar-refractivity contribution in [3.05, 3.63) is 69.3 Å². The summed E-state index contributed by atoms with van der Waals surface area (Å²) in [5.41, 5.74) is -1.51. The summed E-state index contributed by atoms with van der Waals surface area (Å²) in [4.78, 5) is 67.7. The molecule has 2 aromatic heterocycles. The summed E-state index contributed by atoms with van der Waals surface area (Å²) in [6, 6.07) is 4.03. The maximum Gasteiger partial charge on any atom is 0.414 e. The highest BCUT2D eigenvalue weighted by molar-refractivity contribution is 6.02. The van der Waals surface area contributed by atoms with E-state index in [1.807, 2.05) is 4.98 Å². The van der Waals surface area contributed by atoms with Gasteiger partial charge in [0.2, 0.25) is 5.91 Å². The van der Waals surface area contributed by atoms with Gasteiger partial charge in [-0.2, -0.15) is 0 Å². The number of H-pyrrole nitrogens is 2. The van der Waals surface area contributed by atoms with Gasteiger partial charge in [-0.05, 0) is 18.2 Å². The van der Waals surface area contributed by atoms with Crippen LogP contribution in [0.4, 0.5) is 20.6 Å². The fourth-order valence-electron chi connectivity index (χ4n) is 3.23. The van der Waals surface area contributed by atoms with Crippen molar-refractivity contribution < 1.29 is 23.5 Å². The van der Waals surface area contributed by atoms with Crippen molar-refractivity contribution in [1.82, 2.24) is 24.8 Å². The lowest BCUT2D eigenvalue weighted by atomic mass is 10.2. The molecule has 1 aliphatic rings. The molecule has 1 unspecified atom stereocenters. The maximum absolute atomic E-state index is 14.9. The zero-order chi connectivity index (χ0) is 24.4. The van der Waals surface area contributed by atoms with Gasteiger partial charge in [-0.1, -0.05) is 0 Å². The Morgan fingerprint density at radius 2 is 2.09 bits per heavy atom.